The van der Waals surface area contributed by atoms with Crippen molar-refractivity contribution in [3.63, 3.8) is 0 Å². The zero-order valence-electron chi connectivity index (χ0n) is 32.2. The van der Waals surface area contributed by atoms with Gasteiger partial charge in [-0.25, -0.2) is 0 Å². The first-order chi connectivity index (χ1) is 28.5. The maximum atomic E-state index is 2.49. The summed E-state index contributed by atoms with van der Waals surface area (Å²) in [7, 11) is 0. The van der Waals surface area contributed by atoms with Crippen LogP contribution in [-0.4, -0.2) is 0 Å². The Labute approximate surface area is 340 Å². The summed E-state index contributed by atoms with van der Waals surface area (Å²) >= 11 is 1.89. The van der Waals surface area contributed by atoms with Crippen LogP contribution in [0, 0.1) is 0 Å². The molecule has 0 bridgehead atoms. The van der Waals surface area contributed by atoms with E-state index in [0.29, 0.717) is 0 Å². The van der Waals surface area contributed by atoms with Crippen molar-refractivity contribution in [1.29, 1.82) is 0 Å². The van der Waals surface area contributed by atoms with Gasteiger partial charge in [0.05, 0.1) is 0 Å². The second-order valence-electron chi connectivity index (χ2n) is 16.7. The number of thiophene rings is 1. The van der Waals surface area contributed by atoms with Gasteiger partial charge >= 0.3 is 0 Å². The van der Waals surface area contributed by atoms with E-state index in [2.05, 4.69) is 196 Å². The van der Waals surface area contributed by atoms with Crippen molar-refractivity contribution >= 4 is 96.1 Å². The van der Waals surface area contributed by atoms with Crippen LogP contribution in [0.5, 0.6) is 0 Å². The van der Waals surface area contributed by atoms with Crippen molar-refractivity contribution in [3.8, 4) is 33.4 Å². The van der Waals surface area contributed by atoms with E-state index >= 15 is 0 Å². The van der Waals surface area contributed by atoms with Crippen molar-refractivity contribution in [1.82, 2.24) is 0 Å². The Bertz CT molecular complexity index is 3690. The molecule has 0 nitrogen and oxygen atoms in total. The lowest BCUT2D eigenvalue weighted by Crippen LogP contribution is -2.14. The van der Waals surface area contributed by atoms with Crippen molar-refractivity contribution in [2.75, 3.05) is 0 Å². The summed E-state index contributed by atoms with van der Waals surface area (Å²) in [4.78, 5) is 0. The molecule has 0 radical (unpaired) electrons. The van der Waals surface area contributed by atoms with Gasteiger partial charge in [0.2, 0.25) is 0 Å². The lowest BCUT2D eigenvalue weighted by molar-refractivity contribution is 0.661. The van der Waals surface area contributed by atoms with Gasteiger partial charge in [0.15, 0.2) is 0 Å². The van der Waals surface area contributed by atoms with Crippen LogP contribution in [0.4, 0.5) is 0 Å². The highest BCUT2D eigenvalue weighted by atomic mass is 32.1. The third-order valence-electron chi connectivity index (χ3n) is 13.4. The number of rotatable bonds is 2. The predicted octanol–water partition coefficient (Wildman–Crippen LogP) is 16.6. The van der Waals surface area contributed by atoms with Crippen molar-refractivity contribution < 1.29 is 0 Å². The van der Waals surface area contributed by atoms with Gasteiger partial charge in [0.25, 0.3) is 0 Å². The Kier molecular flexibility index (Phi) is 6.48. The molecule has 13 rings (SSSR count). The average Bonchev–Trinajstić information content (AvgIpc) is 3.77. The van der Waals surface area contributed by atoms with E-state index in [1.165, 1.54) is 129 Å². The monoisotopic (exact) mass is 752 g/mol. The Balaban J connectivity index is 1.08. The minimum absolute atomic E-state index is 0.0731. The van der Waals surface area contributed by atoms with Gasteiger partial charge in [-0.2, -0.15) is 0 Å². The molecule has 0 saturated heterocycles. The van der Waals surface area contributed by atoms with E-state index < -0.39 is 0 Å². The SMILES string of the molecule is CC1(C)c2ccc(-c3c4ccccc4c(-c4ccc5c(c4)c4ccccc4c4c5ccc5sc6ccccc6c54)c4ccccc34)cc2-c2c1ccc1ccccc21. The third kappa shape index (κ3) is 4.24. The highest BCUT2D eigenvalue weighted by molar-refractivity contribution is 7.26. The molecule has 1 heteroatoms. The summed E-state index contributed by atoms with van der Waals surface area (Å²) in [6.07, 6.45) is 0. The van der Waals surface area contributed by atoms with Crippen LogP contribution in [0.15, 0.2) is 182 Å². The number of hydrogen-bond donors (Lipinski definition) is 0. The fraction of sp³-hybridized carbons (Fsp3) is 0.0526. The summed E-state index contributed by atoms with van der Waals surface area (Å²) in [5, 5.41) is 18.3. The standard InChI is InChI=1S/C57H36S/c1-57(2)48-28-25-35(32-47(48)54-36-14-4-3-13-33(36)24-29-49(54)57)53-42-19-9-7-17-40(42)52(41-18-8-10-20-43(41)53)34-23-26-38-44-27-30-51-56(45-21-11-12-22-50(45)58-51)55(44)39-16-6-5-15-37(39)46(38)31-34/h3-32H,1-2H3. The Hall–Kier alpha value is -6.80. The minimum Gasteiger partial charge on any atom is -0.135 e. The molecule has 0 atom stereocenters. The molecule has 270 valence electrons. The third-order valence-corrected chi connectivity index (χ3v) is 14.5. The van der Waals surface area contributed by atoms with E-state index in [4.69, 9.17) is 0 Å². The second kappa shape index (κ2) is 11.6. The van der Waals surface area contributed by atoms with E-state index in [1.807, 2.05) is 11.3 Å². The Morgan fingerprint density at radius 1 is 0.328 bits per heavy atom. The van der Waals surface area contributed by atoms with E-state index in [1.54, 1.807) is 0 Å². The smallest absolute Gasteiger partial charge is 0.0362 e. The summed E-state index contributed by atoms with van der Waals surface area (Å²) in [5.74, 6) is 0. The van der Waals surface area contributed by atoms with Gasteiger partial charge in [0, 0.05) is 25.6 Å². The Morgan fingerprint density at radius 3 is 1.57 bits per heavy atom. The van der Waals surface area contributed by atoms with Gasteiger partial charge in [-0.15, -0.1) is 11.3 Å². The molecular weight excluding hydrogens is 717 g/mol. The first-order valence-electron chi connectivity index (χ1n) is 20.3. The van der Waals surface area contributed by atoms with Crippen LogP contribution in [0.1, 0.15) is 25.0 Å². The van der Waals surface area contributed by atoms with Crippen molar-refractivity contribution in [2.24, 2.45) is 0 Å². The molecule has 1 aromatic heterocycles. The molecule has 0 saturated carbocycles. The van der Waals surface area contributed by atoms with Gasteiger partial charge in [0.1, 0.15) is 0 Å². The molecule has 12 aromatic rings. The zero-order chi connectivity index (χ0) is 38.3. The molecule has 1 aliphatic rings. The quantitative estimate of drug-likeness (QED) is 0.122. The van der Waals surface area contributed by atoms with Crippen molar-refractivity contribution in [2.45, 2.75) is 19.3 Å². The van der Waals surface area contributed by atoms with Crippen LogP contribution in [0.25, 0.3) is 118 Å². The molecule has 0 unspecified atom stereocenters. The van der Waals surface area contributed by atoms with Gasteiger partial charge in [-0.3, -0.25) is 0 Å². The van der Waals surface area contributed by atoms with Crippen LogP contribution in [0.3, 0.4) is 0 Å². The van der Waals surface area contributed by atoms with Gasteiger partial charge < -0.3 is 0 Å². The molecule has 0 aliphatic heterocycles. The van der Waals surface area contributed by atoms with Crippen LogP contribution in [-0.2, 0) is 5.41 Å². The molecule has 0 amide bonds. The fourth-order valence-electron chi connectivity index (χ4n) is 10.8. The number of fused-ring (bicyclic) bond motifs is 17. The first-order valence-corrected chi connectivity index (χ1v) is 21.2. The second-order valence-corrected chi connectivity index (χ2v) is 17.8. The topological polar surface area (TPSA) is 0 Å². The van der Waals surface area contributed by atoms with Crippen LogP contribution < -0.4 is 0 Å². The lowest BCUT2D eigenvalue weighted by atomic mass is 9.81. The summed E-state index contributed by atoms with van der Waals surface area (Å²) < 4.78 is 2.69. The average molecular weight is 753 g/mol. The molecular formula is C57H36S. The highest BCUT2D eigenvalue weighted by Crippen LogP contribution is 2.54. The fourth-order valence-corrected chi connectivity index (χ4v) is 12.0. The van der Waals surface area contributed by atoms with E-state index in [9.17, 15) is 0 Å². The predicted molar refractivity (Wildman–Crippen MR) is 253 cm³/mol. The van der Waals surface area contributed by atoms with E-state index in [0.717, 1.165) is 0 Å². The maximum absolute atomic E-state index is 2.49. The molecule has 1 heterocycles. The summed E-state index contributed by atoms with van der Waals surface area (Å²) in [6.45, 7) is 4.76. The lowest BCUT2D eigenvalue weighted by Gasteiger charge is -2.22. The van der Waals surface area contributed by atoms with Gasteiger partial charge in [-0.05, 0) is 133 Å². The molecule has 58 heavy (non-hydrogen) atoms. The van der Waals surface area contributed by atoms with Crippen LogP contribution in [0.2, 0.25) is 0 Å². The molecule has 1 aliphatic carbocycles. The first kappa shape index (κ1) is 32.3. The number of benzene rings is 11. The highest BCUT2D eigenvalue weighted by Gasteiger charge is 2.36. The molecule has 0 fully saturated rings. The number of hydrogen-bond acceptors (Lipinski definition) is 1. The maximum Gasteiger partial charge on any atom is 0.0362 e. The normalized spacial score (nSPS) is 13.5. The van der Waals surface area contributed by atoms with Crippen LogP contribution >= 0.6 is 11.3 Å². The van der Waals surface area contributed by atoms with Crippen molar-refractivity contribution in [3.05, 3.63) is 193 Å². The van der Waals surface area contributed by atoms with E-state index in [-0.39, 0.29) is 5.41 Å². The summed E-state index contributed by atoms with van der Waals surface area (Å²) in [5.41, 5.74) is 10.6. The zero-order valence-corrected chi connectivity index (χ0v) is 33.0. The molecule has 0 N–H and O–H groups in total. The molecule has 0 spiro atoms. The minimum atomic E-state index is -0.0731. The Morgan fingerprint density at radius 2 is 0.845 bits per heavy atom. The van der Waals surface area contributed by atoms with Gasteiger partial charge in [-0.1, -0.05) is 172 Å². The summed E-state index contributed by atoms with van der Waals surface area (Å²) in [6, 6.07) is 68.8. The molecule has 11 aromatic carbocycles. The largest absolute Gasteiger partial charge is 0.135 e.